The van der Waals surface area contributed by atoms with Gasteiger partial charge in [-0.3, -0.25) is 9.59 Å². The predicted octanol–water partition coefficient (Wildman–Crippen LogP) is 2.12. The molecule has 1 aromatic heterocycles. The number of hydrogen-bond donors (Lipinski definition) is 2. The van der Waals surface area contributed by atoms with Gasteiger partial charge in [-0.2, -0.15) is 0 Å². The number of nitrogens with one attached hydrogen (secondary N) is 1. The van der Waals surface area contributed by atoms with Crippen LogP contribution in [0.2, 0.25) is 5.02 Å². The summed E-state index contributed by atoms with van der Waals surface area (Å²) in [4.78, 5) is 34.1. The number of nitrogens with two attached hydrogens (primary N) is 1. The zero-order valence-electron chi connectivity index (χ0n) is 14.4. The molecule has 3 N–H and O–H groups in total. The molecule has 0 radical (unpaired) electrons. The van der Waals surface area contributed by atoms with Gasteiger partial charge in [0.15, 0.2) is 0 Å². The third-order valence-electron chi connectivity index (χ3n) is 4.29. The first-order valence-electron chi connectivity index (χ1n) is 8.38. The number of anilines is 1. The summed E-state index contributed by atoms with van der Waals surface area (Å²) < 4.78 is 0. The molecule has 3 rings (SSSR count). The van der Waals surface area contributed by atoms with E-state index >= 15 is 0 Å². The van der Waals surface area contributed by atoms with E-state index in [9.17, 15) is 9.59 Å². The topological polar surface area (TPSA) is 101 Å². The van der Waals surface area contributed by atoms with Crippen LogP contribution in [0, 0.1) is 0 Å². The van der Waals surface area contributed by atoms with Crippen molar-refractivity contribution in [1.82, 2.24) is 20.2 Å². The maximum Gasteiger partial charge on any atom is 0.272 e. The molecule has 0 aliphatic carbocycles. The van der Waals surface area contributed by atoms with Crippen LogP contribution in [-0.4, -0.2) is 45.8 Å². The summed E-state index contributed by atoms with van der Waals surface area (Å²) in [6, 6.07) is 6.82. The average Bonchev–Trinajstić information content (AvgIpc) is 2.63. The van der Waals surface area contributed by atoms with Crippen LogP contribution in [0.3, 0.4) is 0 Å². The van der Waals surface area contributed by atoms with Gasteiger partial charge in [-0.1, -0.05) is 17.7 Å². The quantitative estimate of drug-likeness (QED) is 0.802. The lowest BCUT2D eigenvalue weighted by atomic mass is 10.0. The van der Waals surface area contributed by atoms with Gasteiger partial charge in [0, 0.05) is 31.6 Å². The maximum atomic E-state index is 12.8. The summed E-state index contributed by atoms with van der Waals surface area (Å²) in [5.41, 5.74) is 7.97. The first-order valence-corrected chi connectivity index (χ1v) is 8.75. The summed E-state index contributed by atoms with van der Waals surface area (Å²) in [5.74, 6) is -0.264. The molecule has 2 aromatic rings. The number of benzene rings is 1. The van der Waals surface area contributed by atoms with E-state index in [1.54, 1.807) is 29.2 Å². The van der Waals surface area contributed by atoms with Gasteiger partial charge in [0.2, 0.25) is 5.91 Å². The Labute approximate surface area is 156 Å². The Balaban J connectivity index is 1.79. The number of halogens is 1. The number of amides is 2. The Morgan fingerprint density at radius 3 is 2.85 bits per heavy atom. The van der Waals surface area contributed by atoms with Crippen LogP contribution in [0.4, 0.5) is 5.69 Å². The summed E-state index contributed by atoms with van der Waals surface area (Å²) in [6.45, 7) is 2.60. The molecule has 2 heterocycles. The lowest BCUT2D eigenvalue weighted by Crippen LogP contribution is -2.49. The third-order valence-corrected chi connectivity index (χ3v) is 4.64. The molecule has 1 saturated heterocycles. The molecule has 26 heavy (non-hydrogen) atoms. The molecule has 1 atom stereocenters. The Kier molecular flexibility index (Phi) is 5.37. The largest absolute Gasteiger partial charge is 0.398 e. The van der Waals surface area contributed by atoms with Crippen molar-refractivity contribution in [3.05, 3.63) is 41.3 Å². The molecule has 1 aromatic carbocycles. The van der Waals surface area contributed by atoms with Gasteiger partial charge in [-0.25, -0.2) is 9.97 Å². The summed E-state index contributed by atoms with van der Waals surface area (Å²) in [7, 11) is 0. The van der Waals surface area contributed by atoms with Gasteiger partial charge in [0.05, 0.1) is 16.4 Å². The molecule has 1 aliphatic rings. The van der Waals surface area contributed by atoms with Crippen molar-refractivity contribution in [1.29, 1.82) is 0 Å². The van der Waals surface area contributed by atoms with Crippen molar-refractivity contribution in [2.75, 3.05) is 18.8 Å². The molecule has 0 spiro atoms. The van der Waals surface area contributed by atoms with Crippen molar-refractivity contribution in [3.8, 4) is 11.3 Å². The van der Waals surface area contributed by atoms with E-state index in [4.69, 9.17) is 17.3 Å². The SMILES string of the molecule is CC(=O)NC1CCCN(C(=O)c2cc(-c3ccc(Cl)c(N)c3)ncn2)C1. The molecule has 1 aliphatic heterocycles. The van der Waals surface area contributed by atoms with E-state index in [-0.39, 0.29) is 17.9 Å². The second-order valence-corrected chi connectivity index (χ2v) is 6.72. The van der Waals surface area contributed by atoms with Crippen molar-refractivity contribution in [2.45, 2.75) is 25.8 Å². The summed E-state index contributed by atoms with van der Waals surface area (Å²) in [5, 5.41) is 3.34. The minimum Gasteiger partial charge on any atom is -0.398 e. The maximum absolute atomic E-state index is 12.8. The zero-order chi connectivity index (χ0) is 18.7. The number of rotatable bonds is 3. The highest BCUT2D eigenvalue weighted by Gasteiger charge is 2.26. The third kappa shape index (κ3) is 4.11. The molecule has 2 amide bonds. The predicted molar refractivity (Wildman–Crippen MR) is 99.6 cm³/mol. The van der Waals surface area contributed by atoms with E-state index in [1.165, 1.54) is 13.3 Å². The number of nitrogens with zero attached hydrogens (tertiary/aromatic N) is 3. The number of nitrogen functional groups attached to an aromatic ring is 1. The monoisotopic (exact) mass is 373 g/mol. The van der Waals surface area contributed by atoms with Crippen LogP contribution in [0.15, 0.2) is 30.6 Å². The van der Waals surface area contributed by atoms with Crippen LogP contribution in [0.25, 0.3) is 11.3 Å². The minimum absolute atomic E-state index is 0.0254. The van der Waals surface area contributed by atoms with Crippen LogP contribution >= 0.6 is 11.6 Å². The van der Waals surface area contributed by atoms with Gasteiger partial charge < -0.3 is 16.0 Å². The molecular weight excluding hydrogens is 354 g/mol. The molecule has 0 saturated carbocycles. The number of likely N-dealkylation sites (tertiary alicyclic amines) is 1. The summed E-state index contributed by atoms with van der Waals surface area (Å²) >= 11 is 5.95. The Morgan fingerprint density at radius 2 is 2.12 bits per heavy atom. The zero-order valence-corrected chi connectivity index (χ0v) is 15.2. The number of hydrogen-bond acceptors (Lipinski definition) is 5. The van der Waals surface area contributed by atoms with Crippen LogP contribution in [0.5, 0.6) is 0 Å². The molecule has 8 heteroatoms. The van der Waals surface area contributed by atoms with Crippen molar-refractivity contribution < 1.29 is 9.59 Å². The fourth-order valence-electron chi connectivity index (χ4n) is 3.06. The molecule has 0 bridgehead atoms. The molecule has 7 nitrogen and oxygen atoms in total. The Bertz CT molecular complexity index is 842. The highest BCUT2D eigenvalue weighted by atomic mass is 35.5. The van der Waals surface area contributed by atoms with Crippen LogP contribution < -0.4 is 11.1 Å². The molecule has 136 valence electrons. The van der Waals surface area contributed by atoms with Gasteiger partial charge >= 0.3 is 0 Å². The van der Waals surface area contributed by atoms with Crippen molar-refractivity contribution in [2.24, 2.45) is 0 Å². The van der Waals surface area contributed by atoms with E-state index < -0.39 is 0 Å². The van der Waals surface area contributed by atoms with Gasteiger partial charge in [0.1, 0.15) is 12.0 Å². The Morgan fingerprint density at radius 1 is 1.31 bits per heavy atom. The van der Waals surface area contributed by atoms with Crippen LogP contribution in [-0.2, 0) is 4.79 Å². The second kappa shape index (κ2) is 7.70. The van der Waals surface area contributed by atoms with E-state index in [1.807, 2.05) is 0 Å². The lowest BCUT2D eigenvalue weighted by Gasteiger charge is -2.32. The fraction of sp³-hybridized carbons (Fsp3) is 0.333. The van der Waals surface area contributed by atoms with Gasteiger partial charge in [-0.15, -0.1) is 0 Å². The highest BCUT2D eigenvalue weighted by molar-refractivity contribution is 6.33. The van der Waals surface area contributed by atoms with Gasteiger partial charge in [0.25, 0.3) is 5.91 Å². The average molecular weight is 374 g/mol. The van der Waals surface area contributed by atoms with E-state index in [2.05, 4.69) is 15.3 Å². The normalized spacial score (nSPS) is 17.0. The molecule has 1 unspecified atom stereocenters. The lowest BCUT2D eigenvalue weighted by molar-refractivity contribution is -0.120. The van der Waals surface area contributed by atoms with E-state index in [0.29, 0.717) is 35.2 Å². The number of aromatic nitrogens is 2. The highest BCUT2D eigenvalue weighted by Crippen LogP contribution is 2.26. The minimum atomic E-state index is -0.175. The second-order valence-electron chi connectivity index (χ2n) is 6.32. The van der Waals surface area contributed by atoms with Crippen molar-refractivity contribution >= 4 is 29.1 Å². The Hall–Kier alpha value is -2.67. The number of carbonyl (C=O) groups is 2. The first kappa shape index (κ1) is 18.1. The van der Waals surface area contributed by atoms with Crippen molar-refractivity contribution in [3.63, 3.8) is 0 Å². The number of piperidine rings is 1. The standard InChI is InChI=1S/C18H20ClN5O2/c1-11(25)23-13-3-2-6-24(9-13)18(26)17-8-16(21-10-22-17)12-4-5-14(19)15(20)7-12/h4-5,7-8,10,13H,2-3,6,9,20H2,1H3,(H,23,25). The number of carbonyl (C=O) groups excluding carboxylic acids is 2. The van der Waals surface area contributed by atoms with Gasteiger partial charge in [-0.05, 0) is 31.0 Å². The molecular formula is C18H20ClN5O2. The van der Waals surface area contributed by atoms with Crippen LogP contribution in [0.1, 0.15) is 30.3 Å². The van der Waals surface area contributed by atoms with E-state index in [0.717, 1.165) is 18.4 Å². The summed E-state index contributed by atoms with van der Waals surface area (Å²) in [6.07, 6.45) is 3.06. The molecule has 1 fully saturated rings. The fourth-order valence-corrected chi connectivity index (χ4v) is 3.18. The smallest absolute Gasteiger partial charge is 0.272 e. The first-order chi connectivity index (χ1) is 12.4.